The molecule has 0 spiro atoms. The number of halogens is 1. The zero-order valence-electron chi connectivity index (χ0n) is 8.33. The number of hydrogen-bond donors (Lipinski definition) is 0. The molecule has 0 amide bonds. The van der Waals surface area contributed by atoms with Gasteiger partial charge in [0.2, 0.25) is 0 Å². The monoisotopic (exact) mass is 307 g/mol. The van der Waals surface area contributed by atoms with Gasteiger partial charge in [-0.2, -0.15) is 0 Å². The van der Waals surface area contributed by atoms with E-state index in [1.807, 2.05) is 0 Å². The van der Waals surface area contributed by atoms with Crippen molar-refractivity contribution < 1.29 is 44.4 Å². The van der Waals surface area contributed by atoms with Crippen molar-refractivity contribution in [2.75, 3.05) is 0 Å². The first-order valence-corrected chi connectivity index (χ1v) is 5.83. The SMILES string of the molecule is [3H][I-](OC(C)=O)(OC(C)=O)OC(C)=O. The van der Waals surface area contributed by atoms with Gasteiger partial charge >= 0.3 is 83.7 Å². The number of rotatable bonds is 3. The van der Waals surface area contributed by atoms with Gasteiger partial charge in [-0.15, -0.1) is 0 Å². The molecular formula is C6H10IO6-. The number of hydrogen-bond acceptors (Lipinski definition) is 6. The zero-order valence-corrected chi connectivity index (χ0v) is 9.48. The summed E-state index contributed by atoms with van der Waals surface area (Å²) in [5.74, 6) is -2.50. The van der Waals surface area contributed by atoms with Crippen LogP contribution in [0.1, 0.15) is 20.8 Å². The molecule has 0 radical (unpaired) electrons. The van der Waals surface area contributed by atoms with Crippen LogP contribution in [-0.4, -0.2) is 18.5 Å². The summed E-state index contributed by atoms with van der Waals surface area (Å²) in [6.45, 7) is 3.08. The number of carbonyl (C=O) groups excluding carboxylic acids is 3. The Balaban J connectivity index is 4.56. The molecular weight excluding hydrogens is 295 g/mol. The molecule has 0 aromatic rings. The van der Waals surface area contributed by atoms with E-state index in [1.54, 1.807) is 0 Å². The molecule has 0 bridgehead atoms. The van der Waals surface area contributed by atoms with Crippen LogP contribution >= 0.6 is 0 Å². The molecule has 13 heavy (non-hydrogen) atoms. The van der Waals surface area contributed by atoms with Crippen LogP contribution in [0.25, 0.3) is 0 Å². The Kier molecular flexibility index (Phi) is 4.50. The van der Waals surface area contributed by atoms with Crippen molar-refractivity contribution in [2.24, 2.45) is 0 Å². The molecule has 0 aromatic carbocycles. The molecule has 0 atom stereocenters. The topological polar surface area (TPSA) is 78.9 Å². The second-order valence-corrected chi connectivity index (χ2v) is 4.30. The van der Waals surface area contributed by atoms with Crippen molar-refractivity contribution in [1.82, 2.24) is 0 Å². The van der Waals surface area contributed by atoms with Gasteiger partial charge in [0.05, 0.1) is 0 Å². The minimum absolute atomic E-state index is 0.834. The third kappa shape index (κ3) is 7.50. The van der Waals surface area contributed by atoms with Crippen LogP contribution in [0.4, 0.5) is 0 Å². The second kappa shape index (κ2) is 5.73. The molecule has 78 valence electrons. The summed E-state index contributed by atoms with van der Waals surface area (Å²) in [4.78, 5) is 31.6. The number of carbonyl (C=O) groups is 3. The predicted octanol–water partition coefficient (Wildman–Crippen LogP) is -3.22. The Morgan fingerprint density at radius 3 is 1.31 bits per heavy atom. The first-order valence-electron chi connectivity index (χ1n) is 3.57. The van der Waals surface area contributed by atoms with E-state index < -0.39 is 38.8 Å². The maximum atomic E-state index is 10.5. The van der Waals surface area contributed by atoms with E-state index in [9.17, 15) is 14.4 Å². The van der Waals surface area contributed by atoms with Crippen molar-refractivity contribution in [3.05, 3.63) is 0 Å². The normalized spacial score (nSPS) is 12.4. The molecule has 0 aliphatic heterocycles. The van der Waals surface area contributed by atoms with Gasteiger partial charge in [-0.3, -0.25) is 0 Å². The molecule has 0 aliphatic carbocycles. The molecule has 0 N–H and O–H groups in total. The minimum atomic E-state index is -4.68. The molecule has 7 heteroatoms. The first-order chi connectivity index (χ1) is 6.25. The summed E-state index contributed by atoms with van der Waals surface area (Å²) >= 11 is -4.68. The summed E-state index contributed by atoms with van der Waals surface area (Å²) in [6, 6.07) is 0. The van der Waals surface area contributed by atoms with Gasteiger partial charge in [0, 0.05) is 0 Å². The molecule has 0 saturated carbocycles. The van der Waals surface area contributed by atoms with E-state index >= 15 is 0 Å². The quantitative estimate of drug-likeness (QED) is 0.510. The van der Waals surface area contributed by atoms with Gasteiger partial charge in [0.15, 0.2) is 0 Å². The Bertz CT molecular complexity index is 224. The van der Waals surface area contributed by atoms with Crippen LogP contribution in [0.3, 0.4) is 0 Å². The second-order valence-electron chi connectivity index (χ2n) is 1.90. The van der Waals surface area contributed by atoms with Crippen LogP contribution in [0.2, 0.25) is 0 Å². The van der Waals surface area contributed by atoms with Crippen molar-refractivity contribution in [3.8, 4) is 0 Å². The van der Waals surface area contributed by atoms with Crippen LogP contribution in [0, 0.1) is 0 Å². The van der Waals surface area contributed by atoms with E-state index in [0.717, 1.165) is 20.8 Å². The van der Waals surface area contributed by atoms with Gasteiger partial charge < -0.3 is 0 Å². The van der Waals surface area contributed by atoms with Gasteiger partial charge in [-0.1, -0.05) is 0 Å². The van der Waals surface area contributed by atoms with Crippen molar-refractivity contribution >= 4 is 17.9 Å². The Hall–Kier alpha value is -0.860. The Labute approximate surface area is 84.0 Å². The molecule has 0 saturated heterocycles. The van der Waals surface area contributed by atoms with Crippen molar-refractivity contribution in [2.45, 2.75) is 20.8 Å². The average Bonchev–Trinajstić information content (AvgIpc) is 1.76. The predicted molar refractivity (Wildman–Crippen MR) is 36.7 cm³/mol. The van der Waals surface area contributed by atoms with Crippen molar-refractivity contribution in [1.29, 1.82) is 0.594 Å². The summed E-state index contributed by atoms with van der Waals surface area (Å²) < 4.78 is 20.5. The van der Waals surface area contributed by atoms with E-state index in [2.05, 4.69) is 9.20 Å². The molecule has 0 aromatic heterocycles. The molecule has 0 rings (SSSR count). The summed E-state index contributed by atoms with van der Waals surface area (Å²) in [5, 5.41) is 0. The van der Waals surface area contributed by atoms with Crippen molar-refractivity contribution in [3.63, 3.8) is 0 Å². The van der Waals surface area contributed by atoms with Crippen LogP contribution in [-0.2, 0) is 23.6 Å². The van der Waals surface area contributed by atoms with E-state index in [4.69, 9.17) is 0.594 Å². The van der Waals surface area contributed by atoms with Crippen LogP contribution in [0.15, 0.2) is 0 Å². The van der Waals surface area contributed by atoms with Gasteiger partial charge in [0.25, 0.3) is 0 Å². The van der Waals surface area contributed by atoms with E-state index in [0.29, 0.717) is 0 Å². The zero-order chi connectivity index (χ0) is 11.4. The average molecular weight is 307 g/mol. The fraction of sp³-hybridized carbons (Fsp3) is 0.500. The fourth-order valence-electron chi connectivity index (χ4n) is 0.313. The molecule has 6 nitrogen and oxygen atoms in total. The first kappa shape index (κ1) is 10.2. The van der Waals surface area contributed by atoms with E-state index in [1.165, 1.54) is 0 Å². The standard InChI is InChI=1S/C6H10IO6/c1-4(8)11-7(12-5(2)9)13-6(3)10/h7H,1-3H3/q-1/i7T. The molecule has 0 heterocycles. The Morgan fingerprint density at radius 2 is 1.15 bits per heavy atom. The molecule has 0 fully saturated rings. The Morgan fingerprint density at radius 1 is 0.923 bits per heavy atom. The fourth-order valence-corrected chi connectivity index (χ4v) is 2.10. The third-order valence-electron chi connectivity index (χ3n) is 0.515. The third-order valence-corrected chi connectivity index (χ3v) is 3.45. The van der Waals surface area contributed by atoms with Crippen LogP contribution < -0.4 is 20.9 Å². The van der Waals surface area contributed by atoms with Gasteiger partial charge in [-0.25, -0.2) is 0 Å². The maximum absolute atomic E-state index is 10.5. The van der Waals surface area contributed by atoms with E-state index in [-0.39, 0.29) is 0 Å². The van der Waals surface area contributed by atoms with Gasteiger partial charge in [-0.05, 0) is 0 Å². The molecule has 0 unspecified atom stereocenters. The summed E-state index contributed by atoms with van der Waals surface area (Å²) in [5.41, 5.74) is 0. The van der Waals surface area contributed by atoms with Crippen LogP contribution in [0.5, 0.6) is 0 Å². The molecule has 0 aliphatic rings. The van der Waals surface area contributed by atoms with Gasteiger partial charge in [0.1, 0.15) is 0 Å². The summed E-state index contributed by atoms with van der Waals surface area (Å²) in [7, 11) is 0. The summed E-state index contributed by atoms with van der Waals surface area (Å²) in [6.07, 6.45) is 0.